The molecule has 0 aromatic carbocycles. The maximum absolute atomic E-state index is 10.6. The first-order valence-electron chi connectivity index (χ1n) is 3.12. The van der Waals surface area contributed by atoms with E-state index < -0.39 is 22.9 Å². The average Bonchev–Trinajstić information content (AvgIpc) is 2.04. The molecule has 0 saturated carbocycles. The predicted molar refractivity (Wildman–Crippen MR) is 39.6 cm³/mol. The summed E-state index contributed by atoms with van der Waals surface area (Å²) in [5.74, 6) is -0.454. The van der Waals surface area contributed by atoms with E-state index in [1.807, 2.05) is 4.98 Å². The van der Waals surface area contributed by atoms with Crippen LogP contribution in [0.5, 0.6) is 0 Å². The van der Waals surface area contributed by atoms with Crippen molar-refractivity contribution in [2.24, 2.45) is 0 Å². The Morgan fingerprint density at radius 3 is 2.75 bits per heavy atom. The van der Waals surface area contributed by atoms with Crippen molar-refractivity contribution >= 4 is 5.82 Å². The molecule has 64 valence electrons. The van der Waals surface area contributed by atoms with Crippen molar-refractivity contribution in [3.05, 3.63) is 38.2 Å². The Kier molecular flexibility index (Phi) is 2.20. The molecule has 0 unspecified atom stereocenters. The van der Waals surface area contributed by atoms with Crippen molar-refractivity contribution in [3.8, 4) is 0 Å². The molecule has 1 rings (SSSR count). The minimum absolute atomic E-state index is 0.0969. The average molecular weight is 170 g/mol. The molecule has 6 heteroatoms. The molecule has 12 heavy (non-hydrogen) atoms. The van der Waals surface area contributed by atoms with E-state index in [0.29, 0.717) is 0 Å². The molecule has 0 atom stereocenters. The van der Waals surface area contributed by atoms with Crippen molar-refractivity contribution in [3.63, 3.8) is 0 Å². The van der Waals surface area contributed by atoms with Crippen LogP contribution in [-0.4, -0.2) is 15.0 Å². The van der Waals surface area contributed by atoms with Crippen LogP contribution in [0.1, 0.15) is 5.56 Å². The highest BCUT2D eigenvalue weighted by Crippen LogP contribution is 2.11. The topological polar surface area (TPSA) is 96.2 Å². The third-order valence-corrected chi connectivity index (χ3v) is 1.33. The molecule has 0 aliphatic carbocycles. The summed E-state index contributed by atoms with van der Waals surface area (Å²) in [6.07, 6.45) is 0. The largest absolute Gasteiger partial charge is 0.391 e. The lowest BCUT2D eigenvalue weighted by molar-refractivity contribution is -0.390. The second-order valence-corrected chi connectivity index (χ2v) is 2.11. The van der Waals surface area contributed by atoms with Crippen molar-refractivity contribution in [2.45, 2.75) is 6.61 Å². The summed E-state index contributed by atoms with van der Waals surface area (Å²) in [5.41, 5.74) is -0.460. The van der Waals surface area contributed by atoms with Crippen LogP contribution in [0.25, 0.3) is 0 Å². The van der Waals surface area contributed by atoms with Crippen molar-refractivity contribution < 1.29 is 10.0 Å². The van der Waals surface area contributed by atoms with Gasteiger partial charge in [0.25, 0.3) is 0 Å². The fraction of sp³-hybridized carbons (Fsp3) is 0.167. The van der Waals surface area contributed by atoms with E-state index in [0.717, 1.165) is 6.07 Å². The number of pyridine rings is 1. The first-order chi connectivity index (χ1) is 5.65. The molecular formula is C6H6N2O4. The van der Waals surface area contributed by atoms with E-state index in [4.69, 9.17) is 5.11 Å². The van der Waals surface area contributed by atoms with E-state index in [-0.39, 0.29) is 5.56 Å². The van der Waals surface area contributed by atoms with Crippen LogP contribution >= 0.6 is 0 Å². The number of H-pyrrole nitrogens is 1. The van der Waals surface area contributed by atoms with Crippen LogP contribution in [0.3, 0.4) is 0 Å². The van der Waals surface area contributed by atoms with E-state index in [9.17, 15) is 14.9 Å². The molecule has 1 aromatic rings. The first-order valence-corrected chi connectivity index (χ1v) is 3.12. The van der Waals surface area contributed by atoms with E-state index in [1.54, 1.807) is 0 Å². The van der Waals surface area contributed by atoms with Gasteiger partial charge in [-0.1, -0.05) is 0 Å². The predicted octanol–water partition coefficient (Wildman–Crippen LogP) is -0.225. The lowest BCUT2D eigenvalue weighted by Gasteiger charge is -1.97. The van der Waals surface area contributed by atoms with E-state index in [2.05, 4.69) is 0 Å². The van der Waals surface area contributed by atoms with Gasteiger partial charge in [-0.05, 0) is 11.0 Å². The Bertz CT molecular complexity index is 357. The van der Waals surface area contributed by atoms with Crippen LogP contribution in [-0.2, 0) is 6.61 Å². The van der Waals surface area contributed by atoms with E-state index >= 15 is 0 Å². The Hall–Kier alpha value is -1.69. The lowest BCUT2D eigenvalue weighted by atomic mass is 10.3. The lowest BCUT2D eigenvalue weighted by Crippen LogP contribution is -2.09. The highest BCUT2D eigenvalue weighted by atomic mass is 16.6. The summed E-state index contributed by atoms with van der Waals surface area (Å²) in [5, 5.41) is 18.9. The molecule has 1 heterocycles. The summed E-state index contributed by atoms with van der Waals surface area (Å²) in [6, 6.07) is 2.34. The normalized spacial score (nSPS) is 9.75. The number of nitrogens with zero attached hydrogens (tertiary/aromatic N) is 1. The molecule has 1 aromatic heterocycles. The monoisotopic (exact) mass is 170 g/mol. The standard InChI is InChI=1S/C6H6N2O4/c9-3-4-1-2-5(10)7-6(4)8(11)12/h1-2,9H,3H2,(H,7,10). The van der Waals surface area contributed by atoms with Gasteiger partial charge in [0.05, 0.1) is 12.2 Å². The number of aromatic nitrogens is 1. The summed E-state index contributed by atoms with van der Waals surface area (Å²) >= 11 is 0. The molecule has 0 spiro atoms. The molecule has 0 amide bonds. The van der Waals surface area contributed by atoms with Crippen LogP contribution in [0.15, 0.2) is 16.9 Å². The highest BCUT2D eigenvalue weighted by Gasteiger charge is 2.11. The minimum atomic E-state index is -0.743. The number of hydrogen-bond acceptors (Lipinski definition) is 4. The highest BCUT2D eigenvalue weighted by molar-refractivity contribution is 5.30. The minimum Gasteiger partial charge on any atom is -0.391 e. The van der Waals surface area contributed by atoms with Gasteiger partial charge in [0.1, 0.15) is 0 Å². The third kappa shape index (κ3) is 1.48. The fourth-order valence-electron chi connectivity index (χ4n) is 0.784. The number of nitrogens with one attached hydrogen (secondary N) is 1. The van der Waals surface area contributed by atoms with Gasteiger partial charge in [-0.3, -0.25) is 0 Å². The summed E-state index contributed by atoms with van der Waals surface area (Å²) in [6.45, 7) is -0.465. The zero-order valence-electron chi connectivity index (χ0n) is 5.98. The maximum atomic E-state index is 10.6. The number of rotatable bonds is 2. The number of aliphatic hydroxyl groups is 1. The van der Waals surface area contributed by atoms with Gasteiger partial charge < -0.3 is 15.2 Å². The van der Waals surface area contributed by atoms with Crippen LogP contribution < -0.4 is 5.56 Å². The van der Waals surface area contributed by atoms with Gasteiger partial charge in [0.15, 0.2) is 0 Å². The molecule has 0 fully saturated rings. The summed E-state index contributed by atoms with van der Waals surface area (Å²) in [4.78, 5) is 22.1. The SMILES string of the molecule is O=c1ccc(CO)c([N+](=O)[O-])[nH]1. The molecule has 2 N–H and O–H groups in total. The Morgan fingerprint density at radius 1 is 1.58 bits per heavy atom. The van der Waals surface area contributed by atoms with Gasteiger partial charge in [-0.15, -0.1) is 0 Å². The number of aliphatic hydroxyl groups excluding tert-OH is 1. The second-order valence-electron chi connectivity index (χ2n) is 2.11. The Morgan fingerprint density at radius 2 is 2.25 bits per heavy atom. The van der Waals surface area contributed by atoms with Crippen molar-refractivity contribution in [2.75, 3.05) is 0 Å². The molecule has 0 bridgehead atoms. The van der Waals surface area contributed by atoms with Gasteiger partial charge >= 0.3 is 11.4 Å². The van der Waals surface area contributed by atoms with Crippen molar-refractivity contribution in [1.82, 2.24) is 4.98 Å². The maximum Gasteiger partial charge on any atom is 0.331 e. The van der Waals surface area contributed by atoms with Crippen molar-refractivity contribution in [1.29, 1.82) is 0 Å². The number of nitro groups is 1. The zero-order valence-corrected chi connectivity index (χ0v) is 5.98. The third-order valence-electron chi connectivity index (χ3n) is 1.33. The zero-order chi connectivity index (χ0) is 9.14. The van der Waals surface area contributed by atoms with E-state index in [1.165, 1.54) is 6.07 Å². The Labute approximate surface area is 66.6 Å². The quantitative estimate of drug-likeness (QED) is 0.473. The molecule has 0 radical (unpaired) electrons. The smallest absolute Gasteiger partial charge is 0.331 e. The van der Waals surface area contributed by atoms with Crippen LogP contribution in [0.2, 0.25) is 0 Å². The number of hydrogen-bond donors (Lipinski definition) is 2. The molecule has 0 saturated heterocycles. The number of aromatic amines is 1. The fourth-order valence-corrected chi connectivity index (χ4v) is 0.784. The summed E-state index contributed by atoms with van der Waals surface area (Å²) in [7, 11) is 0. The molecule has 0 aliphatic rings. The Balaban J connectivity index is 3.31. The van der Waals surface area contributed by atoms with Gasteiger partial charge in [-0.2, -0.15) is 0 Å². The first kappa shape index (κ1) is 8.41. The van der Waals surface area contributed by atoms with Gasteiger partial charge in [0.2, 0.25) is 0 Å². The van der Waals surface area contributed by atoms with Gasteiger partial charge in [0, 0.05) is 6.07 Å². The van der Waals surface area contributed by atoms with Gasteiger partial charge in [-0.25, -0.2) is 9.78 Å². The molecular weight excluding hydrogens is 164 g/mol. The van der Waals surface area contributed by atoms with Crippen LogP contribution in [0.4, 0.5) is 5.82 Å². The molecule has 6 nitrogen and oxygen atoms in total. The van der Waals surface area contributed by atoms with Crippen LogP contribution in [0, 0.1) is 10.1 Å². The second kappa shape index (κ2) is 3.14. The summed E-state index contributed by atoms with van der Waals surface area (Å²) < 4.78 is 0. The molecule has 0 aliphatic heterocycles.